The smallest absolute Gasteiger partial charge is 0.0175 e. The quantitative estimate of drug-likeness (QED) is 0.508. The van der Waals surface area contributed by atoms with Gasteiger partial charge in [0, 0.05) is 0 Å². The summed E-state index contributed by atoms with van der Waals surface area (Å²) < 4.78 is 0. The Balaban J connectivity index is 1.92. The molecule has 0 aliphatic heterocycles. The lowest BCUT2D eigenvalue weighted by atomic mass is 9.64. The van der Waals surface area contributed by atoms with Crippen molar-refractivity contribution in [1.29, 1.82) is 0 Å². The van der Waals surface area contributed by atoms with E-state index in [0.29, 0.717) is 5.41 Å². The summed E-state index contributed by atoms with van der Waals surface area (Å²) in [5.74, 6) is 5.64. The molecular formula is C20H34. The molecule has 6 atom stereocenters. The number of hydrogen-bond donors (Lipinski definition) is 0. The zero-order chi connectivity index (χ0) is 14.5. The lowest BCUT2D eigenvalue weighted by Gasteiger charge is -2.41. The van der Waals surface area contributed by atoms with E-state index in [-0.39, 0.29) is 0 Å². The molecule has 0 aromatic rings. The van der Waals surface area contributed by atoms with Crippen molar-refractivity contribution in [2.75, 3.05) is 0 Å². The second-order valence-corrected chi connectivity index (χ2v) is 8.92. The highest BCUT2D eigenvalue weighted by atomic mass is 14.5. The fraction of sp³-hybridized carbons (Fsp3) is 0.900. The molecule has 20 heavy (non-hydrogen) atoms. The maximum absolute atomic E-state index is 2.65. The summed E-state index contributed by atoms with van der Waals surface area (Å²) in [6.45, 7) is 12.5. The first kappa shape index (κ1) is 14.7. The molecule has 3 aliphatic carbocycles. The van der Waals surface area contributed by atoms with E-state index in [9.17, 15) is 0 Å². The van der Waals surface area contributed by atoms with Crippen molar-refractivity contribution >= 4 is 0 Å². The van der Waals surface area contributed by atoms with Gasteiger partial charge in [-0.1, -0.05) is 39.3 Å². The third-order valence-electron chi connectivity index (χ3n) is 7.48. The van der Waals surface area contributed by atoms with Crippen molar-refractivity contribution in [2.24, 2.45) is 40.9 Å². The van der Waals surface area contributed by atoms with Gasteiger partial charge in [-0.3, -0.25) is 0 Å². The predicted octanol–water partition coefficient (Wildman–Crippen LogP) is 6.08. The Kier molecular flexibility index (Phi) is 3.80. The van der Waals surface area contributed by atoms with Crippen LogP contribution in [0.25, 0.3) is 0 Å². The summed E-state index contributed by atoms with van der Waals surface area (Å²) in [5, 5.41) is 0. The van der Waals surface area contributed by atoms with Crippen LogP contribution >= 0.6 is 0 Å². The van der Waals surface area contributed by atoms with Crippen molar-refractivity contribution in [3.8, 4) is 0 Å². The van der Waals surface area contributed by atoms with Gasteiger partial charge in [-0.2, -0.15) is 0 Å². The molecule has 0 aromatic heterocycles. The third-order valence-corrected chi connectivity index (χ3v) is 7.48. The molecule has 0 heteroatoms. The van der Waals surface area contributed by atoms with Crippen LogP contribution in [0.4, 0.5) is 0 Å². The molecule has 0 aromatic carbocycles. The van der Waals surface area contributed by atoms with Crippen LogP contribution in [-0.2, 0) is 0 Å². The standard InChI is InChI=1S/C20H34/c1-13(2)16-10-11-20(5)12-18-15(4)6-8-17(18)14(3)7-9-19(16)20/h7,13,15-19H,6,8-12H2,1-5H3/b14-7-/t15-,16-,17?,18-,19+,20-/m1/s1. The van der Waals surface area contributed by atoms with Crippen LogP contribution in [0.1, 0.15) is 73.1 Å². The highest BCUT2D eigenvalue weighted by Gasteiger charge is 2.49. The largest absolute Gasteiger partial charge is 0.0850 e. The van der Waals surface area contributed by atoms with E-state index in [2.05, 4.69) is 40.7 Å². The van der Waals surface area contributed by atoms with E-state index >= 15 is 0 Å². The first-order chi connectivity index (χ1) is 9.42. The van der Waals surface area contributed by atoms with Gasteiger partial charge in [-0.25, -0.2) is 0 Å². The molecular weight excluding hydrogens is 240 g/mol. The molecule has 0 nitrogen and oxygen atoms in total. The van der Waals surface area contributed by atoms with E-state index in [0.717, 1.165) is 35.5 Å². The molecule has 0 heterocycles. The van der Waals surface area contributed by atoms with Crippen molar-refractivity contribution in [3.63, 3.8) is 0 Å². The fourth-order valence-electron chi connectivity index (χ4n) is 6.09. The Morgan fingerprint density at radius 3 is 2.65 bits per heavy atom. The number of allylic oxidation sites excluding steroid dienone is 2. The minimum Gasteiger partial charge on any atom is -0.0850 e. The summed E-state index contributed by atoms with van der Waals surface area (Å²) in [6.07, 6.45) is 11.4. The third kappa shape index (κ3) is 2.28. The van der Waals surface area contributed by atoms with Gasteiger partial charge in [-0.15, -0.1) is 0 Å². The van der Waals surface area contributed by atoms with E-state index in [1.165, 1.54) is 38.5 Å². The molecule has 3 aliphatic rings. The molecule has 3 rings (SSSR count). The van der Waals surface area contributed by atoms with Crippen LogP contribution in [0.15, 0.2) is 11.6 Å². The molecule has 0 spiro atoms. The number of hydrogen-bond acceptors (Lipinski definition) is 0. The highest BCUT2D eigenvalue weighted by Crippen LogP contribution is 2.59. The predicted molar refractivity (Wildman–Crippen MR) is 87.5 cm³/mol. The van der Waals surface area contributed by atoms with Gasteiger partial charge in [-0.05, 0) is 86.4 Å². The van der Waals surface area contributed by atoms with E-state index in [1.54, 1.807) is 5.57 Å². The first-order valence-corrected chi connectivity index (χ1v) is 9.09. The SMILES string of the molecule is C/C1=C/C[C@H]2[C@@H](C(C)C)CC[C@]2(C)C[C@H]2C1CC[C@H]2C. The molecule has 0 bridgehead atoms. The van der Waals surface area contributed by atoms with Crippen LogP contribution in [-0.4, -0.2) is 0 Å². The Labute approximate surface area is 126 Å². The van der Waals surface area contributed by atoms with Crippen LogP contribution in [0.2, 0.25) is 0 Å². The summed E-state index contributed by atoms with van der Waals surface area (Å²) in [6, 6.07) is 0. The number of rotatable bonds is 1. The minimum atomic E-state index is 0.633. The zero-order valence-electron chi connectivity index (χ0n) is 14.3. The summed E-state index contributed by atoms with van der Waals surface area (Å²) in [4.78, 5) is 0. The Morgan fingerprint density at radius 1 is 1.20 bits per heavy atom. The van der Waals surface area contributed by atoms with E-state index in [1.807, 2.05) is 0 Å². The normalized spacial score (nSPS) is 51.1. The average molecular weight is 274 g/mol. The van der Waals surface area contributed by atoms with Gasteiger partial charge in [0.15, 0.2) is 0 Å². The maximum Gasteiger partial charge on any atom is -0.0175 e. The fourth-order valence-corrected chi connectivity index (χ4v) is 6.09. The summed E-state index contributed by atoms with van der Waals surface area (Å²) in [7, 11) is 0. The van der Waals surface area contributed by atoms with E-state index in [4.69, 9.17) is 0 Å². The van der Waals surface area contributed by atoms with Crippen molar-refractivity contribution in [1.82, 2.24) is 0 Å². The van der Waals surface area contributed by atoms with Crippen LogP contribution in [0.3, 0.4) is 0 Å². The van der Waals surface area contributed by atoms with Gasteiger partial charge in [0.1, 0.15) is 0 Å². The van der Waals surface area contributed by atoms with Gasteiger partial charge in [0.25, 0.3) is 0 Å². The lowest BCUT2D eigenvalue weighted by molar-refractivity contribution is 0.106. The zero-order valence-corrected chi connectivity index (χ0v) is 14.3. The Hall–Kier alpha value is -0.260. The summed E-state index contributed by atoms with van der Waals surface area (Å²) >= 11 is 0. The molecule has 0 radical (unpaired) electrons. The first-order valence-electron chi connectivity index (χ1n) is 9.09. The van der Waals surface area contributed by atoms with Gasteiger partial charge >= 0.3 is 0 Å². The monoisotopic (exact) mass is 274 g/mol. The molecule has 0 amide bonds. The summed E-state index contributed by atoms with van der Waals surface area (Å²) in [5.41, 5.74) is 2.36. The second-order valence-electron chi connectivity index (χ2n) is 8.92. The maximum atomic E-state index is 2.65. The molecule has 0 saturated heterocycles. The van der Waals surface area contributed by atoms with Crippen LogP contribution < -0.4 is 0 Å². The van der Waals surface area contributed by atoms with Crippen LogP contribution in [0, 0.1) is 40.9 Å². The molecule has 0 N–H and O–H groups in total. The number of fused-ring (bicyclic) bond motifs is 2. The minimum absolute atomic E-state index is 0.633. The van der Waals surface area contributed by atoms with Crippen molar-refractivity contribution < 1.29 is 0 Å². The molecule has 1 unspecified atom stereocenters. The van der Waals surface area contributed by atoms with Crippen molar-refractivity contribution in [2.45, 2.75) is 73.1 Å². The molecule has 2 saturated carbocycles. The molecule has 2 fully saturated rings. The molecule has 114 valence electrons. The van der Waals surface area contributed by atoms with Gasteiger partial charge in [0.2, 0.25) is 0 Å². The van der Waals surface area contributed by atoms with Crippen LogP contribution in [0.5, 0.6) is 0 Å². The average Bonchev–Trinajstić information content (AvgIpc) is 2.88. The topological polar surface area (TPSA) is 0 Å². The Bertz CT molecular complexity index is 391. The van der Waals surface area contributed by atoms with E-state index < -0.39 is 0 Å². The van der Waals surface area contributed by atoms with Gasteiger partial charge < -0.3 is 0 Å². The van der Waals surface area contributed by atoms with Crippen molar-refractivity contribution in [3.05, 3.63) is 11.6 Å². The second kappa shape index (κ2) is 5.18. The highest BCUT2D eigenvalue weighted by molar-refractivity contribution is 5.14. The Morgan fingerprint density at radius 2 is 1.95 bits per heavy atom. The van der Waals surface area contributed by atoms with Gasteiger partial charge in [0.05, 0.1) is 0 Å². The lowest BCUT2D eigenvalue weighted by Crippen LogP contribution is -2.33.